The van der Waals surface area contributed by atoms with Crippen molar-refractivity contribution in [2.75, 3.05) is 26.0 Å². The summed E-state index contributed by atoms with van der Waals surface area (Å²) >= 11 is 0. The molecular formula is C12H23NO3S. The Morgan fingerprint density at radius 2 is 2.12 bits per heavy atom. The summed E-state index contributed by atoms with van der Waals surface area (Å²) in [6.45, 7) is 5.09. The van der Waals surface area contributed by atoms with Gasteiger partial charge in [-0.25, -0.2) is 12.7 Å². The van der Waals surface area contributed by atoms with Gasteiger partial charge in [0.2, 0.25) is 10.0 Å². The smallest absolute Gasteiger partial charge is 0.211 e. The predicted molar refractivity (Wildman–Crippen MR) is 69.2 cm³/mol. The van der Waals surface area contributed by atoms with Crippen LogP contribution in [0.15, 0.2) is 11.6 Å². The maximum absolute atomic E-state index is 11.6. The Labute approximate surface area is 104 Å². The van der Waals surface area contributed by atoms with Crippen molar-refractivity contribution in [1.82, 2.24) is 4.31 Å². The summed E-state index contributed by atoms with van der Waals surface area (Å²) in [5.41, 5.74) is 0.910. The second-order valence-corrected chi connectivity index (χ2v) is 7.33. The van der Waals surface area contributed by atoms with Crippen molar-refractivity contribution >= 4 is 10.0 Å². The van der Waals surface area contributed by atoms with E-state index < -0.39 is 10.0 Å². The van der Waals surface area contributed by atoms with Crippen LogP contribution in [0.5, 0.6) is 0 Å². The fourth-order valence-corrected chi connectivity index (χ4v) is 3.20. The number of aliphatic hydroxyl groups excluding tert-OH is 1. The van der Waals surface area contributed by atoms with Crippen LogP contribution in [-0.4, -0.2) is 43.8 Å². The third-order valence-corrected chi connectivity index (χ3v) is 4.62. The molecule has 0 aromatic rings. The fraction of sp³-hybridized carbons (Fsp3) is 0.833. The zero-order valence-corrected chi connectivity index (χ0v) is 11.8. The molecule has 0 aromatic carbocycles. The van der Waals surface area contributed by atoms with Gasteiger partial charge in [0.15, 0.2) is 0 Å². The third-order valence-electron chi connectivity index (χ3n) is 3.37. The van der Waals surface area contributed by atoms with Gasteiger partial charge in [0.1, 0.15) is 0 Å². The minimum absolute atomic E-state index is 0.0444. The van der Waals surface area contributed by atoms with Gasteiger partial charge in [-0.1, -0.05) is 11.6 Å². The summed E-state index contributed by atoms with van der Waals surface area (Å²) < 4.78 is 24.6. The SMILES string of the molecule is CC(C)=CC[C@@]1(CO)CCCN(S(C)(=O)=O)C1. The standard InChI is InChI=1S/C12H23NO3S/c1-11(2)5-7-12(10-14)6-4-8-13(9-12)17(3,15)16/h5,14H,4,6-10H2,1-3H3/t12-/m0/s1. The molecule has 0 radical (unpaired) electrons. The number of allylic oxidation sites excluding steroid dienone is 2. The maximum Gasteiger partial charge on any atom is 0.211 e. The molecule has 100 valence electrons. The van der Waals surface area contributed by atoms with E-state index in [2.05, 4.69) is 6.08 Å². The number of aliphatic hydroxyl groups is 1. The van der Waals surface area contributed by atoms with Gasteiger partial charge in [-0.3, -0.25) is 0 Å². The lowest BCUT2D eigenvalue weighted by molar-refractivity contribution is 0.0670. The van der Waals surface area contributed by atoms with Crippen LogP contribution in [0.3, 0.4) is 0 Å². The Bertz CT molecular complexity index is 385. The minimum Gasteiger partial charge on any atom is -0.396 e. The van der Waals surface area contributed by atoms with Crippen molar-refractivity contribution in [2.24, 2.45) is 5.41 Å². The Morgan fingerprint density at radius 1 is 1.47 bits per heavy atom. The Hall–Kier alpha value is -0.390. The first-order valence-corrected chi connectivity index (χ1v) is 7.83. The quantitative estimate of drug-likeness (QED) is 0.778. The highest BCUT2D eigenvalue weighted by molar-refractivity contribution is 7.88. The molecule has 17 heavy (non-hydrogen) atoms. The topological polar surface area (TPSA) is 57.6 Å². The molecule has 5 heteroatoms. The Balaban J connectivity index is 2.82. The summed E-state index contributed by atoms with van der Waals surface area (Å²) in [5.74, 6) is 0. The van der Waals surface area contributed by atoms with Crippen molar-refractivity contribution in [3.63, 3.8) is 0 Å². The molecule has 0 unspecified atom stereocenters. The second kappa shape index (κ2) is 5.50. The molecule has 0 aromatic heterocycles. The first kappa shape index (κ1) is 14.7. The predicted octanol–water partition coefficient (Wildman–Crippen LogP) is 1.38. The Kier molecular flexibility index (Phi) is 4.75. The molecule has 1 fully saturated rings. The molecule has 1 N–H and O–H groups in total. The highest BCUT2D eigenvalue weighted by Gasteiger charge is 2.37. The molecule has 1 heterocycles. The molecule has 1 atom stereocenters. The highest BCUT2D eigenvalue weighted by Crippen LogP contribution is 2.34. The van der Waals surface area contributed by atoms with Crippen molar-refractivity contribution in [2.45, 2.75) is 33.1 Å². The number of sulfonamides is 1. The summed E-state index contributed by atoms with van der Waals surface area (Å²) in [6, 6.07) is 0. The van der Waals surface area contributed by atoms with Gasteiger partial charge in [0, 0.05) is 18.5 Å². The fourth-order valence-electron chi connectivity index (χ4n) is 2.23. The molecule has 0 aliphatic carbocycles. The molecule has 1 saturated heterocycles. The van der Waals surface area contributed by atoms with Gasteiger partial charge < -0.3 is 5.11 Å². The molecule has 1 aliphatic rings. The first-order valence-electron chi connectivity index (χ1n) is 5.98. The summed E-state index contributed by atoms with van der Waals surface area (Å²) in [6.07, 6.45) is 5.78. The van der Waals surface area contributed by atoms with E-state index in [0.29, 0.717) is 13.1 Å². The zero-order valence-electron chi connectivity index (χ0n) is 10.9. The first-order chi connectivity index (χ1) is 7.79. The zero-order chi connectivity index (χ0) is 13.1. The third kappa shape index (κ3) is 4.08. The molecular weight excluding hydrogens is 238 g/mol. The van der Waals surface area contributed by atoms with Crippen LogP contribution < -0.4 is 0 Å². The van der Waals surface area contributed by atoms with Crippen molar-refractivity contribution in [3.05, 3.63) is 11.6 Å². The van der Waals surface area contributed by atoms with E-state index in [4.69, 9.17) is 0 Å². The summed E-state index contributed by atoms with van der Waals surface area (Å²) in [4.78, 5) is 0. The van der Waals surface area contributed by atoms with Gasteiger partial charge in [0.05, 0.1) is 12.9 Å². The average molecular weight is 261 g/mol. The van der Waals surface area contributed by atoms with Crippen molar-refractivity contribution in [3.8, 4) is 0 Å². The monoisotopic (exact) mass is 261 g/mol. The Morgan fingerprint density at radius 3 is 2.59 bits per heavy atom. The number of nitrogens with zero attached hydrogens (tertiary/aromatic N) is 1. The van der Waals surface area contributed by atoms with E-state index in [0.717, 1.165) is 19.3 Å². The molecule has 1 rings (SSSR count). The van der Waals surface area contributed by atoms with Gasteiger partial charge in [-0.05, 0) is 33.1 Å². The van der Waals surface area contributed by atoms with E-state index in [1.807, 2.05) is 13.8 Å². The summed E-state index contributed by atoms with van der Waals surface area (Å²) in [7, 11) is -3.14. The van der Waals surface area contributed by atoms with Crippen LogP contribution in [0.1, 0.15) is 33.1 Å². The maximum atomic E-state index is 11.6. The van der Waals surface area contributed by atoms with E-state index >= 15 is 0 Å². The molecule has 0 bridgehead atoms. The summed E-state index contributed by atoms with van der Waals surface area (Å²) in [5, 5.41) is 9.59. The lowest BCUT2D eigenvalue weighted by Crippen LogP contribution is -2.47. The number of hydrogen-bond donors (Lipinski definition) is 1. The minimum atomic E-state index is -3.14. The molecule has 0 amide bonds. The van der Waals surface area contributed by atoms with Crippen molar-refractivity contribution < 1.29 is 13.5 Å². The van der Waals surface area contributed by atoms with Gasteiger partial charge >= 0.3 is 0 Å². The van der Waals surface area contributed by atoms with E-state index in [-0.39, 0.29) is 12.0 Å². The lowest BCUT2D eigenvalue weighted by atomic mass is 9.78. The number of rotatable bonds is 4. The largest absolute Gasteiger partial charge is 0.396 e. The van der Waals surface area contributed by atoms with E-state index in [9.17, 15) is 13.5 Å². The molecule has 1 aliphatic heterocycles. The van der Waals surface area contributed by atoms with E-state index in [1.165, 1.54) is 16.1 Å². The molecule has 0 saturated carbocycles. The molecule has 0 spiro atoms. The van der Waals surface area contributed by atoms with Crippen LogP contribution in [-0.2, 0) is 10.0 Å². The lowest BCUT2D eigenvalue weighted by Gasteiger charge is -2.40. The normalized spacial score (nSPS) is 26.8. The second-order valence-electron chi connectivity index (χ2n) is 5.34. The molecule has 4 nitrogen and oxygen atoms in total. The van der Waals surface area contributed by atoms with Crippen molar-refractivity contribution in [1.29, 1.82) is 0 Å². The van der Waals surface area contributed by atoms with Gasteiger partial charge in [0.25, 0.3) is 0 Å². The number of piperidine rings is 1. The average Bonchev–Trinajstić information content (AvgIpc) is 2.25. The van der Waals surface area contributed by atoms with Gasteiger partial charge in [-0.15, -0.1) is 0 Å². The van der Waals surface area contributed by atoms with E-state index in [1.54, 1.807) is 0 Å². The van der Waals surface area contributed by atoms with Crippen LogP contribution in [0.2, 0.25) is 0 Å². The van der Waals surface area contributed by atoms with Crippen LogP contribution >= 0.6 is 0 Å². The van der Waals surface area contributed by atoms with Crippen LogP contribution in [0.25, 0.3) is 0 Å². The van der Waals surface area contributed by atoms with Gasteiger partial charge in [-0.2, -0.15) is 0 Å². The van der Waals surface area contributed by atoms with Crippen LogP contribution in [0, 0.1) is 5.41 Å². The van der Waals surface area contributed by atoms with Crippen LogP contribution in [0.4, 0.5) is 0 Å². The highest BCUT2D eigenvalue weighted by atomic mass is 32.2. The number of hydrogen-bond acceptors (Lipinski definition) is 3.